The molecule has 3 nitrogen and oxygen atoms in total. The molecule has 4 aliphatic rings. The maximum atomic E-state index is 11.4. The number of hydrogen-bond acceptors (Lipinski definition) is 2. The average Bonchev–Trinajstić information content (AvgIpc) is 3.04. The molecule has 166 valence electrons. The molecule has 31 heavy (non-hydrogen) atoms. The lowest BCUT2D eigenvalue weighted by Crippen LogP contribution is -2.58. The van der Waals surface area contributed by atoms with Crippen LogP contribution in [-0.2, 0) is 4.79 Å². The van der Waals surface area contributed by atoms with E-state index < -0.39 is 11.2 Å². The van der Waals surface area contributed by atoms with Crippen molar-refractivity contribution in [1.82, 2.24) is 0 Å². The molecule has 6 heteroatoms. The van der Waals surface area contributed by atoms with E-state index in [1.165, 1.54) is 19.3 Å². The topological polar surface area (TPSA) is 57.5 Å². The Bertz CT molecular complexity index is 699. The number of aliphatic carboxylic acids is 1. The molecule has 0 amide bonds. The number of carbonyl (C=O) groups is 1. The first kappa shape index (κ1) is 23.8. The zero-order chi connectivity index (χ0) is 22.8. The first-order chi connectivity index (χ1) is 14.5. The van der Waals surface area contributed by atoms with E-state index >= 15 is 0 Å². The van der Waals surface area contributed by atoms with Crippen LogP contribution in [0.5, 0.6) is 0 Å². The largest absolute Gasteiger partial charge is 0.482 e. The molecular formula is C25H39B3O3. The van der Waals surface area contributed by atoms with Crippen molar-refractivity contribution in [2.24, 2.45) is 46.3 Å². The predicted molar refractivity (Wildman–Crippen MR) is 126 cm³/mol. The van der Waals surface area contributed by atoms with Crippen LogP contribution in [0.1, 0.15) is 85.0 Å². The van der Waals surface area contributed by atoms with Crippen LogP contribution in [0.4, 0.5) is 0 Å². The van der Waals surface area contributed by atoms with E-state index in [1.807, 2.05) is 0 Å². The minimum absolute atomic E-state index is 0.164. The van der Waals surface area contributed by atoms with Crippen molar-refractivity contribution >= 4 is 29.5 Å². The quantitative estimate of drug-likeness (QED) is 0.644. The molecule has 0 saturated heterocycles. The Morgan fingerprint density at radius 1 is 1.03 bits per heavy atom. The minimum Gasteiger partial charge on any atom is -0.482 e. The fraction of sp³-hybridized carbons (Fsp3) is 0.960. The number of carboxylic acids is 1. The molecule has 4 fully saturated rings. The monoisotopic (exact) mass is 420 g/mol. The summed E-state index contributed by atoms with van der Waals surface area (Å²) in [6, 6.07) is 0. The van der Waals surface area contributed by atoms with Gasteiger partial charge in [0, 0.05) is 0 Å². The zero-order valence-electron chi connectivity index (χ0n) is 19.7. The highest BCUT2D eigenvalue weighted by Gasteiger charge is 2.63. The van der Waals surface area contributed by atoms with Gasteiger partial charge in [-0.15, -0.1) is 0 Å². The second kappa shape index (κ2) is 8.14. The SMILES string of the molecule is [B]C1C2C3CCC(CCC([B])([B])C(=O)O)C3(C)CC[C@@H]2C2(C)CC[C@@H](O)CC2[C@H]1CC. The molecule has 10 atom stereocenters. The molecule has 0 aromatic heterocycles. The van der Waals surface area contributed by atoms with Crippen molar-refractivity contribution < 1.29 is 15.0 Å². The Hall–Kier alpha value is -0.375. The fourth-order valence-corrected chi connectivity index (χ4v) is 9.18. The van der Waals surface area contributed by atoms with Gasteiger partial charge in [-0.25, -0.2) is 0 Å². The number of aliphatic hydroxyl groups excluding tert-OH is 1. The maximum Gasteiger partial charge on any atom is 0.292 e. The van der Waals surface area contributed by atoms with Gasteiger partial charge in [-0.2, -0.15) is 0 Å². The Morgan fingerprint density at radius 2 is 1.68 bits per heavy atom. The number of carboxylic acid groups (broad SMARTS) is 1. The minimum atomic E-state index is -1.64. The summed E-state index contributed by atoms with van der Waals surface area (Å²) >= 11 is 0. The smallest absolute Gasteiger partial charge is 0.292 e. The van der Waals surface area contributed by atoms with Gasteiger partial charge in [0.2, 0.25) is 0 Å². The van der Waals surface area contributed by atoms with Gasteiger partial charge < -0.3 is 10.2 Å². The van der Waals surface area contributed by atoms with Crippen molar-refractivity contribution in [3.8, 4) is 0 Å². The summed E-state index contributed by atoms with van der Waals surface area (Å²) in [5, 5.41) is 18.1. The van der Waals surface area contributed by atoms with Crippen LogP contribution in [0, 0.1) is 46.3 Å². The summed E-state index contributed by atoms with van der Waals surface area (Å²) in [5.74, 6) is 2.33. The number of rotatable bonds is 5. The van der Waals surface area contributed by atoms with Crippen LogP contribution in [0.2, 0.25) is 11.0 Å². The molecule has 4 rings (SSSR count). The average molecular weight is 420 g/mol. The maximum absolute atomic E-state index is 11.4. The number of aliphatic hydroxyl groups is 1. The van der Waals surface area contributed by atoms with E-state index in [0.29, 0.717) is 41.9 Å². The molecule has 0 aromatic carbocycles. The van der Waals surface area contributed by atoms with Crippen molar-refractivity contribution in [3.63, 3.8) is 0 Å². The van der Waals surface area contributed by atoms with E-state index in [9.17, 15) is 15.0 Å². The van der Waals surface area contributed by atoms with Crippen LogP contribution in [0.15, 0.2) is 0 Å². The highest BCUT2D eigenvalue weighted by Crippen LogP contribution is 2.71. The first-order valence-corrected chi connectivity index (χ1v) is 12.7. The molecule has 4 saturated carbocycles. The third kappa shape index (κ3) is 3.66. The van der Waals surface area contributed by atoms with Crippen molar-refractivity contribution in [1.29, 1.82) is 0 Å². The van der Waals surface area contributed by atoms with Crippen LogP contribution < -0.4 is 0 Å². The molecule has 2 N–H and O–H groups in total. The lowest BCUT2D eigenvalue weighted by Gasteiger charge is -2.65. The second-order valence-electron chi connectivity index (χ2n) is 12.2. The van der Waals surface area contributed by atoms with Crippen molar-refractivity contribution in [2.75, 3.05) is 0 Å². The highest BCUT2D eigenvalue weighted by atomic mass is 16.4. The lowest BCUT2D eigenvalue weighted by atomic mass is 9.37. The van der Waals surface area contributed by atoms with Crippen LogP contribution >= 0.6 is 0 Å². The second-order valence-corrected chi connectivity index (χ2v) is 12.2. The Balaban J connectivity index is 1.59. The molecule has 0 bridgehead atoms. The molecular weight excluding hydrogens is 381 g/mol. The third-order valence-electron chi connectivity index (χ3n) is 11.0. The Labute approximate surface area is 193 Å². The summed E-state index contributed by atoms with van der Waals surface area (Å²) in [7, 11) is 18.8. The Kier molecular flexibility index (Phi) is 6.24. The summed E-state index contributed by atoms with van der Waals surface area (Å²) in [6.45, 7) is 7.22. The standard InChI is InChI=1S/C25H39B3O3/c1-4-16-19-13-15(29)8-10-24(19,3)18-9-11-23(2)14(7-12-25(27,28)22(30)31)5-6-17(23)20(18)21(16)26/h14-21,29H,4-13H2,1-3H3,(H,30,31)/t14?,15-,16-,17?,18+,19?,20?,21?,23?,24?/m1/s1. The summed E-state index contributed by atoms with van der Waals surface area (Å²) in [6.07, 6.45) is 9.70. The van der Waals surface area contributed by atoms with E-state index in [0.717, 1.165) is 38.5 Å². The van der Waals surface area contributed by atoms with E-state index in [1.54, 1.807) is 0 Å². The summed E-state index contributed by atoms with van der Waals surface area (Å²) < 4.78 is 0. The molecule has 0 spiro atoms. The van der Waals surface area contributed by atoms with Crippen LogP contribution in [0.3, 0.4) is 0 Å². The summed E-state index contributed by atoms with van der Waals surface area (Å²) in [4.78, 5) is 11.4. The van der Waals surface area contributed by atoms with Gasteiger partial charge >= 0.3 is 0 Å². The molecule has 7 unspecified atom stereocenters. The van der Waals surface area contributed by atoms with Gasteiger partial charge in [0.1, 0.15) is 0 Å². The zero-order valence-corrected chi connectivity index (χ0v) is 19.7. The van der Waals surface area contributed by atoms with Gasteiger partial charge in [-0.05, 0) is 96.5 Å². The predicted octanol–water partition coefficient (Wildman–Crippen LogP) is 4.53. The third-order valence-corrected chi connectivity index (χ3v) is 11.0. The van der Waals surface area contributed by atoms with Crippen LogP contribution in [-0.4, -0.2) is 45.8 Å². The molecule has 4 aliphatic carbocycles. The van der Waals surface area contributed by atoms with Crippen molar-refractivity contribution in [2.45, 2.75) is 102 Å². The normalized spacial score (nSPS) is 49.7. The van der Waals surface area contributed by atoms with Crippen molar-refractivity contribution in [3.05, 3.63) is 0 Å². The lowest BCUT2D eigenvalue weighted by molar-refractivity contribution is -0.150. The molecule has 6 radical (unpaired) electrons. The van der Waals surface area contributed by atoms with Gasteiger partial charge in [-0.1, -0.05) is 45.9 Å². The molecule has 0 heterocycles. The summed E-state index contributed by atoms with van der Waals surface area (Å²) in [5.41, 5.74) is 0.482. The van der Waals surface area contributed by atoms with Crippen LogP contribution in [0.25, 0.3) is 0 Å². The van der Waals surface area contributed by atoms with Gasteiger partial charge in [0.15, 0.2) is 0 Å². The Morgan fingerprint density at radius 3 is 2.32 bits per heavy atom. The highest BCUT2D eigenvalue weighted by molar-refractivity contribution is 6.49. The number of fused-ring (bicyclic) bond motifs is 5. The fourth-order valence-electron chi connectivity index (χ4n) is 9.18. The van der Waals surface area contributed by atoms with Gasteiger partial charge in [0.05, 0.1) is 29.6 Å². The van der Waals surface area contributed by atoms with E-state index in [4.69, 9.17) is 23.5 Å². The van der Waals surface area contributed by atoms with E-state index in [2.05, 4.69) is 20.8 Å². The number of hydrogen-bond donors (Lipinski definition) is 2. The molecule has 0 aromatic rings. The van der Waals surface area contributed by atoms with E-state index in [-0.39, 0.29) is 22.8 Å². The first-order valence-electron chi connectivity index (χ1n) is 12.7. The molecule has 0 aliphatic heterocycles. The van der Waals surface area contributed by atoms with Gasteiger partial charge in [0.25, 0.3) is 5.97 Å². The van der Waals surface area contributed by atoms with Gasteiger partial charge in [-0.3, -0.25) is 4.79 Å².